The van der Waals surface area contributed by atoms with Crippen LogP contribution in [0.25, 0.3) is 0 Å². The van der Waals surface area contributed by atoms with E-state index in [0.717, 1.165) is 0 Å². The van der Waals surface area contributed by atoms with E-state index in [1.807, 2.05) is 0 Å². The summed E-state index contributed by atoms with van der Waals surface area (Å²) in [6.45, 7) is 3.24. The number of nitrogens with one attached hydrogen (secondary N) is 1. The highest BCUT2D eigenvalue weighted by atomic mass is 35.5. The van der Waals surface area contributed by atoms with Gasteiger partial charge in [0.25, 0.3) is 5.91 Å². The van der Waals surface area contributed by atoms with Crippen LogP contribution in [0.5, 0.6) is 5.75 Å². The molecule has 0 aliphatic carbocycles. The molecule has 0 bridgehead atoms. The number of Topliss-reactive ketones (excluding diaryl/α,β-unsaturated/α-hetero) is 1. The largest absolute Gasteiger partial charge is 0.492 e. The van der Waals surface area contributed by atoms with Crippen LogP contribution >= 0.6 is 23.2 Å². The van der Waals surface area contributed by atoms with Gasteiger partial charge in [-0.25, -0.2) is 0 Å². The Morgan fingerprint density at radius 1 is 1.07 bits per heavy atom. The van der Waals surface area contributed by atoms with Gasteiger partial charge in [0.1, 0.15) is 18.4 Å². The molecular weight excluding hydrogens is 403 g/mol. The molecule has 2 amide bonds. The molecule has 146 valence electrons. The fraction of sp³-hybridized carbons (Fsp3) is 0.250. The average Bonchev–Trinajstić information content (AvgIpc) is 2.92. The number of hydrogen-bond acceptors (Lipinski definition) is 4. The fourth-order valence-electron chi connectivity index (χ4n) is 3.10. The van der Waals surface area contributed by atoms with Crippen molar-refractivity contribution in [3.8, 4) is 5.75 Å². The summed E-state index contributed by atoms with van der Waals surface area (Å²) >= 11 is 12.6. The Labute approximate surface area is 172 Å². The number of benzene rings is 2. The van der Waals surface area contributed by atoms with Crippen LogP contribution in [0.4, 0.5) is 5.69 Å². The molecule has 1 aliphatic heterocycles. The van der Waals surface area contributed by atoms with Crippen molar-refractivity contribution in [3.05, 3.63) is 57.6 Å². The Hall–Kier alpha value is -2.57. The van der Waals surface area contributed by atoms with E-state index >= 15 is 0 Å². The second-order valence-corrected chi connectivity index (χ2v) is 7.16. The SMILES string of the molecule is CC(=O)NC1C(=O)N(CCOc2ccc(C(C)=O)cc2)c2c(Cl)ccc(Cl)c21. The van der Waals surface area contributed by atoms with Gasteiger partial charge in [-0.05, 0) is 43.3 Å². The molecule has 3 rings (SSSR count). The van der Waals surface area contributed by atoms with E-state index in [0.29, 0.717) is 32.6 Å². The Morgan fingerprint density at radius 2 is 1.71 bits per heavy atom. The highest BCUT2D eigenvalue weighted by Crippen LogP contribution is 2.44. The smallest absolute Gasteiger partial charge is 0.254 e. The van der Waals surface area contributed by atoms with Crippen LogP contribution in [0.1, 0.15) is 35.8 Å². The lowest BCUT2D eigenvalue weighted by Crippen LogP contribution is -2.38. The molecule has 2 aromatic carbocycles. The normalized spacial score (nSPS) is 15.4. The highest BCUT2D eigenvalue weighted by molar-refractivity contribution is 6.38. The van der Waals surface area contributed by atoms with Crippen molar-refractivity contribution in [1.29, 1.82) is 0 Å². The topological polar surface area (TPSA) is 75.7 Å². The zero-order chi connectivity index (χ0) is 20.4. The molecule has 0 saturated heterocycles. The van der Waals surface area contributed by atoms with Gasteiger partial charge >= 0.3 is 0 Å². The Bertz CT molecular complexity index is 944. The number of carbonyl (C=O) groups is 3. The maximum absolute atomic E-state index is 12.9. The number of amides is 2. The summed E-state index contributed by atoms with van der Waals surface area (Å²) in [5.41, 5.74) is 1.56. The molecule has 1 atom stereocenters. The second kappa shape index (κ2) is 8.20. The van der Waals surface area contributed by atoms with E-state index < -0.39 is 6.04 Å². The summed E-state index contributed by atoms with van der Waals surface area (Å²) in [5, 5.41) is 3.35. The van der Waals surface area contributed by atoms with Crippen molar-refractivity contribution in [2.45, 2.75) is 19.9 Å². The molecule has 1 unspecified atom stereocenters. The highest BCUT2D eigenvalue weighted by Gasteiger charge is 2.40. The first-order valence-corrected chi connectivity index (χ1v) is 9.35. The predicted molar refractivity (Wildman–Crippen MR) is 107 cm³/mol. The third-order valence-electron chi connectivity index (χ3n) is 4.38. The summed E-state index contributed by atoms with van der Waals surface area (Å²) in [6.07, 6.45) is 0. The standard InChI is InChI=1S/C20H18Cl2N2O4/c1-11(25)13-3-5-14(6-4-13)28-10-9-24-19-16(22)8-7-15(21)17(19)18(20(24)27)23-12(2)26/h3-8,18H,9-10H2,1-2H3,(H,23,26). The summed E-state index contributed by atoms with van der Waals surface area (Å²) in [6, 6.07) is 9.07. The fourth-order valence-corrected chi connectivity index (χ4v) is 3.62. The number of nitrogens with zero attached hydrogens (tertiary/aromatic N) is 1. The molecule has 2 aromatic rings. The van der Waals surface area contributed by atoms with Crippen LogP contribution in [-0.4, -0.2) is 30.7 Å². The minimum atomic E-state index is -0.881. The minimum absolute atomic E-state index is 0.0265. The minimum Gasteiger partial charge on any atom is -0.492 e. The summed E-state index contributed by atoms with van der Waals surface area (Å²) < 4.78 is 5.68. The number of fused-ring (bicyclic) bond motifs is 1. The molecular formula is C20H18Cl2N2O4. The van der Waals surface area contributed by atoms with Crippen molar-refractivity contribution in [2.24, 2.45) is 0 Å². The van der Waals surface area contributed by atoms with Crippen LogP contribution in [0.3, 0.4) is 0 Å². The molecule has 28 heavy (non-hydrogen) atoms. The van der Waals surface area contributed by atoms with E-state index in [1.165, 1.54) is 18.7 Å². The van der Waals surface area contributed by atoms with E-state index in [-0.39, 0.29) is 30.7 Å². The van der Waals surface area contributed by atoms with Crippen molar-refractivity contribution in [3.63, 3.8) is 0 Å². The molecule has 1 N–H and O–H groups in total. The number of anilines is 1. The van der Waals surface area contributed by atoms with Crippen molar-refractivity contribution in [1.82, 2.24) is 5.32 Å². The van der Waals surface area contributed by atoms with E-state index in [4.69, 9.17) is 27.9 Å². The van der Waals surface area contributed by atoms with E-state index in [2.05, 4.69) is 5.32 Å². The van der Waals surface area contributed by atoms with Gasteiger partial charge in [0.15, 0.2) is 5.78 Å². The predicted octanol–water partition coefficient (Wildman–Crippen LogP) is 3.80. The molecule has 0 spiro atoms. The number of hydrogen-bond donors (Lipinski definition) is 1. The molecule has 0 saturated carbocycles. The molecule has 0 aromatic heterocycles. The number of ketones is 1. The van der Waals surface area contributed by atoms with Gasteiger partial charge in [-0.3, -0.25) is 14.4 Å². The van der Waals surface area contributed by atoms with Crippen LogP contribution in [-0.2, 0) is 9.59 Å². The summed E-state index contributed by atoms with van der Waals surface area (Å²) in [4.78, 5) is 37.2. The molecule has 1 heterocycles. The lowest BCUT2D eigenvalue weighted by molar-refractivity contribution is -0.126. The monoisotopic (exact) mass is 420 g/mol. The average molecular weight is 421 g/mol. The number of carbonyl (C=O) groups excluding carboxylic acids is 3. The number of ether oxygens (including phenoxy) is 1. The van der Waals surface area contributed by atoms with E-state index in [1.54, 1.807) is 36.4 Å². The van der Waals surface area contributed by atoms with Gasteiger partial charge in [-0.15, -0.1) is 0 Å². The molecule has 6 nitrogen and oxygen atoms in total. The van der Waals surface area contributed by atoms with Gasteiger partial charge in [0.2, 0.25) is 5.91 Å². The van der Waals surface area contributed by atoms with Crippen LogP contribution < -0.4 is 15.0 Å². The number of rotatable bonds is 6. The zero-order valence-corrected chi connectivity index (χ0v) is 16.8. The third-order valence-corrected chi connectivity index (χ3v) is 5.01. The maximum atomic E-state index is 12.9. The Balaban J connectivity index is 1.77. The van der Waals surface area contributed by atoms with Gasteiger partial charge in [-0.2, -0.15) is 0 Å². The number of halogens is 2. The second-order valence-electron chi connectivity index (χ2n) is 6.34. The first-order chi connectivity index (χ1) is 13.3. The Kier molecular flexibility index (Phi) is 5.91. The van der Waals surface area contributed by atoms with Gasteiger partial charge in [0, 0.05) is 23.1 Å². The van der Waals surface area contributed by atoms with Crippen molar-refractivity contribution < 1.29 is 19.1 Å². The quantitative estimate of drug-likeness (QED) is 0.720. The lowest BCUT2D eigenvalue weighted by atomic mass is 10.1. The van der Waals surface area contributed by atoms with Gasteiger partial charge in [-0.1, -0.05) is 23.2 Å². The molecule has 0 radical (unpaired) electrons. The molecule has 0 fully saturated rings. The zero-order valence-electron chi connectivity index (χ0n) is 15.3. The molecule has 1 aliphatic rings. The van der Waals surface area contributed by atoms with Crippen LogP contribution in [0, 0.1) is 0 Å². The third kappa shape index (κ3) is 3.98. The maximum Gasteiger partial charge on any atom is 0.254 e. The first-order valence-electron chi connectivity index (χ1n) is 8.59. The summed E-state index contributed by atoms with van der Waals surface area (Å²) in [7, 11) is 0. The first kappa shape index (κ1) is 20.2. The van der Waals surface area contributed by atoms with Crippen LogP contribution in [0.15, 0.2) is 36.4 Å². The molecule has 8 heteroatoms. The van der Waals surface area contributed by atoms with Gasteiger partial charge in [0.05, 0.1) is 17.3 Å². The summed E-state index contributed by atoms with van der Waals surface area (Å²) in [5.74, 6) is -0.117. The Morgan fingerprint density at radius 3 is 2.32 bits per heavy atom. The van der Waals surface area contributed by atoms with Crippen molar-refractivity contribution >= 4 is 46.5 Å². The van der Waals surface area contributed by atoms with Gasteiger partial charge < -0.3 is 15.0 Å². The lowest BCUT2D eigenvalue weighted by Gasteiger charge is -2.19. The van der Waals surface area contributed by atoms with Crippen LogP contribution in [0.2, 0.25) is 10.0 Å². The van der Waals surface area contributed by atoms with E-state index in [9.17, 15) is 14.4 Å². The van der Waals surface area contributed by atoms with Crippen molar-refractivity contribution in [2.75, 3.05) is 18.1 Å².